The van der Waals surface area contributed by atoms with Gasteiger partial charge in [0.25, 0.3) is 5.91 Å². The van der Waals surface area contributed by atoms with Crippen molar-refractivity contribution in [1.29, 1.82) is 5.26 Å². The standard InChI is InChI=1S/C16H14ClN3O/c1-11-6-14(8-15(17)19-11)16(21)20(2)10-13-5-3-4-12(7-13)9-18/h3-8H,10H2,1-2H3. The molecule has 0 N–H and O–H groups in total. The van der Waals surface area contributed by atoms with E-state index >= 15 is 0 Å². The SMILES string of the molecule is Cc1cc(C(=O)N(C)Cc2cccc(C#N)c2)cc(Cl)n1. The second kappa shape index (κ2) is 6.38. The van der Waals surface area contributed by atoms with Gasteiger partial charge in [0.15, 0.2) is 0 Å². The third-order valence-corrected chi connectivity index (χ3v) is 3.19. The molecule has 0 bridgehead atoms. The van der Waals surface area contributed by atoms with E-state index in [0.29, 0.717) is 28.5 Å². The van der Waals surface area contributed by atoms with Gasteiger partial charge in [0.2, 0.25) is 0 Å². The summed E-state index contributed by atoms with van der Waals surface area (Å²) in [5.41, 5.74) is 2.69. The van der Waals surface area contributed by atoms with Crippen LogP contribution in [0.15, 0.2) is 36.4 Å². The molecule has 0 aliphatic carbocycles. The minimum atomic E-state index is -0.134. The second-order valence-electron chi connectivity index (χ2n) is 4.79. The van der Waals surface area contributed by atoms with Crippen molar-refractivity contribution in [2.24, 2.45) is 0 Å². The van der Waals surface area contributed by atoms with Gasteiger partial charge in [-0.25, -0.2) is 4.98 Å². The van der Waals surface area contributed by atoms with Gasteiger partial charge in [0.05, 0.1) is 11.6 Å². The molecule has 0 aliphatic rings. The van der Waals surface area contributed by atoms with Gasteiger partial charge in [-0.3, -0.25) is 4.79 Å². The summed E-state index contributed by atoms with van der Waals surface area (Å²) in [6.45, 7) is 2.21. The highest BCUT2D eigenvalue weighted by atomic mass is 35.5. The van der Waals surface area contributed by atoms with Crippen molar-refractivity contribution in [2.45, 2.75) is 13.5 Å². The van der Waals surface area contributed by atoms with Crippen LogP contribution in [0.2, 0.25) is 5.15 Å². The monoisotopic (exact) mass is 299 g/mol. The summed E-state index contributed by atoms with van der Waals surface area (Å²) in [6, 6.07) is 12.5. The van der Waals surface area contributed by atoms with E-state index in [2.05, 4.69) is 11.1 Å². The molecule has 2 rings (SSSR count). The van der Waals surface area contributed by atoms with E-state index in [1.807, 2.05) is 6.07 Å². The highest BCUT2D eigenvalue weighted by molar-refractivity contribution is 6.29. The van der Waals surface area contributed by atoms with Crippen LogP contribution < -0.4 is 0 Å². The van der Waals surface area contributed by atoms with Gasteiger partial charge in [-0.15, -0.1) is 0 Å². The van der Waals surface area contributed by atoms with Crippen LogP contribution in [0.25, 0.3) is 0 Å². The lowest BCUT2D eigenvalue weighted by Gasteiger charge is -2.17. The quantitative estimate of drug-likeness (QED) is 0.818. The Hall–Kier alpha value is -2.38. The maximum atomic E-state index is 12.4. The molecule has 0 spiro atoms. The van der Waals surface area contributed by atoms with Crippen LogP contribution in [0.5, 0.6) is 0 Å². The molecule has 5 heteroatoms. The highest BCUT2D eigenvalue weighted by Crippen LogP contribution is 2.14. The van der Waals surface area contributed by atoms with Crippen molar-refractivity contribution in [3.05, 3.63) is 63.9 Å². The average molecular weight is 300 g/mol. The predicted molar refractivity (Wildman–Crippen MR) is 80.9 cm³/mol. The zero-order valence-corrected chi connectivity index (χ0v) is 12.6. The summed E-state index contributed by atoms with van der Waals surface area (Å²) < 4.78 is 0. The molecule has 0 unspecified atom stereocenters. The average Bonchev–Trinajstić information content (AvgIpc) is 2.45. The molecule has 0 saturated carbocycles. The van der Waals surface area contributed by atoms with Crippen LogP contribution in [-0.2, 0) is 6.54 Å². The smallest absolute Gasteiger partial charge is 0.254 e. The minimum absolute atomic E-state index is 0.134. The van der Waals surface area contributed by atoms with E-state index in [1.165, 1.54) is 0 Å². The second-order valence-corrected chi connectivity index (χ2v) is 5.18. The number of aryl methyl sites for hydroxylation is 1. The first-order valence-corrected chi connectivity index (χ1v) is 6.76. The van der Waals surface area contributed by atoms with Gasteiger partial charge in [-0.2, -0.15) is 5.26 Å². The summed E-state index contributed by atoms with van der Waals surface area (Å²) in [4.78, 5) is 18.0. The molecule has 106 valence electrons. The molecule has 1 heterocycles. The number of carbonyl (C=O) groups excluding carboxylic acids is 1. The molecule has 0 saturated heterocycles. The number of nitrogens with zero attached hydrogens (tertiary/aromatic N) is 3. The summed E-state index contributed by atoms with van der Waals surface area (Å²) >= 11 is 5.88. The Morgan fingerprint density at radius 1 is 1.38 bits per heavy atom. The normalized spacial score (nSPS) is 10.0. The van der Waals surface area contributed by atoms with Gasteiger partial charge in [-0.05, 0) is 36.8 Å². The molecule has 1 aromatic carbocycles. The van der Waals surface area contributed by atoms with Gasteiger partial charge >= 0.3 is 0 Å². The fourth-order valence-corrected chi connectivity index (χ4v) is 2.31. The Bertz CT molecular complexity index is 701. The predicted octanol–water partition coefficient (Wildman–Crippen LogP) is 3.19. The number of pyridine rings is 1. The number of benzene rings is 1. The molecule has 0 radical (unpaired) electrons. The lowest BCUT2D eigenvalue weighted by atomic mass is 10.1. The van der Waals surface area contributed by atoms with Crippen molar-refractivity contribution >= 4 is 17.5 Å². The number of hydrogen-bond acceptors (Lipinski definition) is 3. The molecule has 1 aromatic heterocycles. The molecule has 2 aromatic rings. The Balaban J connectivity index is 2.17. The van der Waals surface area contributed by atoms with E-state index in [9.17, 15) is 4.79 Å². The van der Waals surface area contributed by atoms with Gasteiger partial charge < -0.3 is 4.90 Å². The van der Waals surface area contributed by atoms with Crippen LogP contribution in [0.1, 0.15) is 27.2 Å². The summed E-state index contributed by atoms with van der Waals surface area (Å²) in [5.74, 6) is -0.134. The lowest BCUT2D eigenvalue weighted by Crippen LogP contribution is -2.26. The number of hydrogen-bond donors (Lipinski definition) is 0. The first-order valence-electron chi connectivity index (χ1n) is 6.38. The highest BCUT2D eigenvalue weighted by Gasteiger charge is 2.13. The van der Waals surface area contributed by atoms with Crippen molar-refractivity contribution in [2.75, 3.05) is 7.05 Å². The number of nitriles is 1. The molecule has 0 atom stereocenters. The van der Waals surface area contributed by atoms with Crippen LogP contribution in [0.3, 0.4) is 0 Å². The van der Waals surface area contributed by atoms with Crippen LogP contribution in [-0.4, -0.2) is 22.8 Å². The van der Waals surface area contributed by atoms with Gasteiger partial charge in [0, 0.05) is 24.8 Å². The number of halogens is 1. The largest absolute Gasteiger partial charge is 0.337 e. The van der Waals surface area contributed by atoms with Gasteiger partial charge in [-0.1, -0.05) is 23.7 Å². The van der Waals surface area contributed by atoms with E-state index in [1.54, 1.807) is 49.2 Å². The molecule has 4 nitrogen and oxygen atoms in total. The Labute approximate surface area is 128 Å². The molecular weight excluding hydrogens is 286 g/mol. The molecular formula is C16H14ClN3O. The maximum absolute atomic E-state index is 12.4. The van der Waals surface area contributed by atoms with Crippen molar-refractivity contribution in [3.63, 3.8) is 0 Å². The summed E-state index contributed by atoms with van der Waals surface area (Å²) in [7, 11) is 1.71. The van der Waals surface area contributed by atoms with Crippen molar-refractivity contribution < 1.29 is 4.79 Å². The van der Waals surface area contributed by atoms with Crippen molar-refractivity contribution in [3.8, 4) is 6.07 Å². The molecule has 0 fully saturated rings. The Morgan fingerprint density at radius 2 is 2.14 bits per heavy atom. The molecule has 0 aliphatic heterocycles. The van der Waals surface area contributed by atoms with Crippen molar-refractivity contribution in [1.82, 2.24) is 9.88 Å². The van der Waals surface area contributed by atoms with Gasteiger partial charge in [0.1, 0.15) is 5.15 Å². The van der Waals surface area contributed by atoms with E-state index in [4.69, 9.17) is 16.9 Å². The van der Waals surface area contributed by atoms with Crippen LogP contribution in [0.4, 0.5) is 0 Å². The number of carbonyl (C=O) groups is 1. The zero-order valence-electron chi connectivity index (χ0n) is 11.8. The van der Waals surface area contributed by atoms with E-state index in [-0.39, 0.29) is 5.91 Å². The third kappa shape index (κ3) is 3.80. The number of rotatable bonds is 3. The molecule has 1 amide bonds. The summed E-state index contributed by atoms with van der Waals surface area (Å²) in [5, 5.41) is 9.20. The first-order chi connectivity index (χ1) is 9.99. The number of aromatic nitrogens is 1. The lowest BCUT2D eigenvalue weighted by molar-refractivity contribution is 0.0785. The summed E-state index contributed by atoms with van der Waals surface area (Å²) in [6.07, 6.45) is 0. The van der Waals surface area contributed by atoms with E-state index < -0.39 is 0 Å². The van der Waals surface area contributed by atoms with Crippen LogP contribution >= 0.6 is 11.6 Å². The molecule has 21 heavy (non-hydrogen) atoms. The van der Waals surface area contributed by atoms with E-state index in [0.717, 1.165) is 5.56 Å². The fourth-order valence-electron chi connectivity index (χ4n) is 2.06. The Morgan fingerprint density at radius 3 is 2.81 bits per heavy atom. The number of amides is 1. The zero-order chi connectivity index (χ0) is 15.4. The van der Waals surface area contributed by atoms with Crippen LogP contribution in [0, 0.1) is 18.3 Å². The third-order valence-electron chi connectivity index (χ3n) is 2.99. The minimum Gasteiger partial charge on any atom is -0.337 e. The first kappa shape index (κ1) is 15.0. The Kier molecular flexibility index (Phi) is 4.56. The topological polar surface area (TPSA) is 57.0 Å². The maximum Gasteiger partial charge on any atom is 0.254 e. The fraction of sp³-hybridized carbons (Fsp3) is 0.188.